The number of carboxylic acids is 1. The number of ether oxygens (including phenoxy) is 1. The molecule has 0 bridgehead atoms. The molecule has 0 unspecified atom stereocenters. The summed E-state index contributed by atoms with van der Waals surface area (Å²) in [4.78, 5) is 25.7. The highest BCUT2D eigenvalue weighted by Gasteiger charge is 2.33. The Kier molecular flexibility index (Phi) is 5.39. The van der Waals surface area contributed by atoms with Crippen molar-refractivity contribution < 1.29 is 19.4 Å². The highest BCUT2D eigenvalue weighted by atomic mass is 16.5. The van der Waals surface area contributed by atoms with Crippen molar-refractivity contribution in [2.24, 2.45) is 0 Å². The normalized spacial score (nSPS) is 15.3. The zero-order valence-electron chi connectivity index (χ0n) is 16.5. The number of nitrogens with one attached hydrogen (secondary N) is 1. The van der Waals surface area contributed by atoms with E-state index in [0.29, 0.717) is 11.3 Å². The average Bonchev–Trinajstić information content (AvgIpc) is 2.78. The van der Waals surface area contributed by atoms with Crippen LogP contribution in [0.2, 0.25) is 0 Å². The number of carbonyl (C=O) groups excluding carboxylic acids is 2. The van der Waals surface area contributed by atoms with E-state index in [1.165, 1.54) is 5.56 Å². The SMILES string of the molecule is CCc1ccc(N2C(=O)c3ccccc3N[C@H]2c2ccc(OCC(=O)[O-])cc2)cc1. The van der Waals surface area contributed by atoms with E-state index in [1.807, 2.05) is 60.7 Å². The number of hydrogen-bond acceptors (Lipinski definition) is 5. The van der Waals surface area contributed by atoms with E-state index in [9.17, 15) is 14.7 Å². The Morgan fingerprint density at radius 2 is 1.73 bits per heavy atom. The largest absolute Gasteiger partial charge is 0.546 e. The highest BCUT2D eigenvalue weighted by molar-refractivity contribution is 6.12. The molecule has 0 saturated heterocycles. The molecule has 0 saturated carbocycles. The lowest BCUT2D eigenvalue weighted by atomic mass is 10.0. The van der Waals surface area contributed by atoms with E-state index in [-0.39, 0.29) is 5.91 Å². The Labute approximate surface area is 174 Å². The maximum atomic E-state index is 13.4. The molecule has 0 aliphatic carbocycles. The van der Waals surface area contributed by atoms with Gasteiger partial charge in [-0.25, -0.2) is 0 Å². The van der Waals surface area contributed by atoms with Crippen LogP contribution in [0.25, 0.3) is 0 Å². The number of benzene rings is 3. The number of carbonyl (C=O) groups is 2. The molecule has 0 spiro atoms. The molecule has 4 rings (SSSR count). The van der Waals surface area contributed by atoms with Crippen LogP contribution in [0, 0.1) is 0 Å². The number of aryl methyl sites for hydroxylation is 1. The van der Waals surface area contributed by atoms with E-state index >= 15 is 0 Å². The van der Waals surface area contributed by atoms with Gasteiger partial charge in [-0.15, -0.1) is 0 Å². The first-order valence-corrected chi connectivity index (χ1v) is 9.77. The van der Waals surface area contributed by atoms with Gasteiger partial charge in [-0.3, -0.25) is 9.69 Å². The van der Waals surface area contributed by atoms with Crippen LogP contribution in [0.1, 0.15) is 34.6 Å². The van der Waals surface area contributed by atoms with E-state index < -0.39 is 18.7 Å². The Morgan fingerprint density at radius 3 is 2.40 bits per heavy atom. The summed E-state index contributed by atoms with van der Waals surface area (Å²) in [6, 6.07) is 22.4. The van der Waals surface area contributed by atoms with Gasteiger partial charge in [0.25, 0.3) is 5.91 Å². The lowest BCUT2D eigenvalue weighted by molar-refractivity contribution is -0.307. The fourth-order valence-electron chi connectivity index (χ4n) is 3.53. The maximum absolute atomic E-state index is 13.4. The van der Waals surface area contributed by atoms with Gasteiger partial charge in [0.2, 0.25) is 0 Å². The van der Waals surface area contributed by atoms with E-state index in [1.54, 1.807) is 17.0 Å². The molecule has 1 N–H and O–H groups in total. The van der Waals surface area contributed by atoms with Crippen LogP contribution in [-0.2, 0) is 11.2 Å². The van der Waals surface area contributed by atoms with Crippen LogP contribution in [-0.4, -0.2) is 18.5 Å². The van der Waals surface area contributed by atoms with Crippen molar-refractivity contribution in [1.29, 1.82) is 0 Å². The third-order valence-corrected chi connectivity index (χ3v) is 5.10. The first-order valence-electron chi connectivity index (χ1n) is 9.77. The lowest BCUT2D eigenvalue weighted by Crippen LogP contribution is -2.43. The lowest BCUT2D eigenvalue weighted by Gasteiger charge is -2.38. The predicted octanol–water partition coefficient (Wildman–Crippen LogP) is 3.15. The maximum Gasteiger partial charge on any atom is 0.262 e. The number of hydrogen-bond donors (Lipinski definition) is 1. The summed E-state index contributed by atoms with van der Waals surface area (Å²) < 4.78 is 5.16. The van der Waals surface area contributed by atoms with E-state index in [4.69, 9.17) is 4.74 Å². The second-order valence-electron chi connectivity index (χ2n) is 7.02. The van der Waals surface area contributed by atoms with Gasteiger partial charge in [-0.1, -0.05) is 43.3 Å². The molecule has 30 heavy (non-hydrogen) atoms. The zero-order chi connectivity index (χ0) is 21.1. The first-order chi connectivity index (χ1) is 14.6. The summed E-state index contributed by atoms with van der Waals surface area (Å²) in [5.74, 6) is -0.947. The van der Waals surface area contributed by atoms with Gasteiger partial charge in [0.05, 0.1) is 11.5 Å². The van der Waals surface area contributed by atoms with Gasteiger partial charge < -0.3 is 20.0 Å². The minimum atomic E-state index is -1.28. The second kappa shape index (κ2) is 8.29. The number of rotatable bonds is 6. The van der Waals surface area contributed by atoms with Crippen molar-refractivity contribution in [2.45, 2.75) is 19.5 Å². The van der Waals surface area contributed by atoms with Crippen LogP contribution in [0.15, 0.2) is 72.8 Å². The van der Waals surface area contributed by atoms with Crippen LogP contribution >= 0.6 is 0 Å². The van der Waals surface area contributed by atoms with Crippen molar-refractivity contribution in [1.82, 2.24) is 0 Å². The quantitative estimate of drug-likeness (QED) is 0.686. The first kappa shape index (κ1) is 19.5. The minimum Gasteiger partial charge on any atom is -0.546 e. The molecule has 6 heteroatoms. The van der Waals surface area contributed by atoms with Crippen molar-refractivity contribution in [3.63, 3.8) is 0 Å². The minimum absolute atomic E-state index is 0.0872. The molecule has 1 amide bonds. The van der Waals surface area contributed by atoms with Crippen molar-refractivity contribution in [2.75, 3.05) is 16.8 Å². The summed E-state index contributed by atoms with van der Waals surface area (Å²) in [6.07, 6.45) is 0.501. The third-order valence-electron chi connectivity index (χ3n) is 5.10. The molecule has 1 aliphatic rings. The van der Waals surface area contributed by atoms with Crippen molar-refractivity contribution in [3.8, 4) is 5.75 Å². The molecular weight excluding hydrogens is 380 g/mol. The molecule has 1 heterocycles. The molecule has 0 aromatic heterocycles. The fraction of sp³-hybridized carbons (Fsp3) is 0.167. The van der Waals surface area contributed by atoms with Gasteiger partial charge in [-0.2, -0.15) is 0 Å². The monoisotopic (exact) mass is 401 g/mol. The third kappa shape index (κ3) is 3.85. The van der Waals surface area contributed by atoms with Crippen molar-refractivity contribution >= 4 is 23.3 Å². The van der Waals surface area contributed by atoms with Gasteiger partial charge in [0.1, 0.15) is 18.5 Å². The zero-order valence-corrected chi connectivity index (χ0v) is 16.5. The van der Waals surface area contributed by atoms with Crippen LogP contribution in [0.4, 0.5) is 11.4 Å². The summed E-state index contributed by atoms with van der Waals surface area (Å²) in [7, 11) is 0. The summed E-state index contributed by atoms with van der Waals surface area (Å²) in [5, 5.41) is 14.0. The Hall–Kier alpha value is -3.80. The topological polar surface area (TPSA) is 81.7 Å². The highest BCUT2D eigenvalue weighted by Crippen LogP contribution is 2.37. The number of nitrogens with zero attached hydrogens (tertiary/aromatic N) is 1. The summed E-state index contributed by atoms with van der Waals surface area (Å²) in [5.41, 5.74) is 4.22. The van der Waals surface area contributed by atoms with Gasteiger partial charge >= 0.3 is 0 Å². The average molecular weight is 401 g/mol. The molecule has 0 radical (unpaired) electrons. The van der Waals surface area contributed by atoms with Gasteiger partial charge in [0, 0.05) is 11.4 Å². The fourth-order valence-corrected chi connectivity index (χ4v) is 3.53. The molecule has 152 valence electrons. The Balaban J connectivity index is 1.71. The Bertz CT molecular complexity index is 1060. The number of carboxylic acid groups (broad SMARTS) is 1. The number of anilines is 2. The number of amides is 1. The molecule has 1 aliphatic heterocycles. The number of para-hydroxylation sites is 1. The van der Waals surface area contributed by atoms with Gasteiger partial charge in [0.15, 0.2) is 0 Å². The van der Waals surface area contributed by atoms with E-state index in [0.717, 1.165) is 23.4 Å². The molecule has 0 fully saturated rings. The summed E-state index contributed by atoms with van der Waals surface area (Å²) in [6.45, 7) is 1.58. The molecule has 6 nitrogen and oxygen atoms in total. The molecule has 3 aromatic carbocycles. The van der Waals surface area contributed by atoms with Crippen LogP contribution in [0.3, 0.4) is 0 Å². The Morgan fingerprint density at radius 1 is 1.03 bits per heavy atom. The number of aliphatic carboxylic acids is 1. The smallest absolute Gasteiger partial charge is 0.262 e. The molecule has 3 aromatic rings. The predicted molar refractivity (Wildman–Crippen MR) is 112 cm³/mol. The van der Waals surface area contributed by atoms with Crippen LogP contribution < -0.4 is 20.1 Å². The summed E-state index contributed by atoms with van der Waals surface area (Å²) >= 11 is 0. The van der Waals surface area contributed by atoms with Crippen molar-refractivity contribution in [3.05, 3.63) is 89.5 Å². The van der Waals surface area contributed by atoms with Crippen LogP contribution in [0.5, 0.6) is 5.75 Å². The number of fused-ring (bicyclic) bond motifs is 1. The molecular formula is C24H21N2O4-. The standard InChI is InChI=1S/C24H22N2O4/c1-2-16-7-11-18(12-8-16)26-23(25-21-6-4-3-5-20(21)24(26)29)17-9-13-19(14-10-17)30-15-22(27)28/h3-14,23,25H,2,15H2,1H3,(H,27,28)/p-1/t23-/m1/s1. The molecule has 1 atom stereocenters. The second-order valence-corrected chi connectivity index (χ2v) is 7.02. The van der Waals surface area contributed by atoms with Gasteiger partial charge in [-0.05, 0) is 53.9 Å². The van der Waals surface area contributed by atoms with E-state index in [2.05, 4.69) is 12.2 Å².